The van der Waals surface area contributed by atoms with E-state index in [1.165, 1.54) is 6.42 Å². The maximum absolute atomic E-state index is 9.36. The Morgan fingerprint density at radius 2 is 2.40 bits per heavy atom. The maximum atomic E-state index is 9.36. The molecule has 0 amide bonds. The van der Waals surface area contributed by atoms with Crippen LogP contribution in [0, 0.1) is 0 Å². The molecule has 1 saturated heterocycles. The minimum absolute atomic E-state index is 0.124. The Labute approximate surface area is 62.2 Å². The average Bonchev–Trinajstić information content (AvgIpc) is 2.05. The molecule has 1 aliphatic heterocycles. The Morgan fingerprint density at radius 1 is 1.60 bits per heavy atom. The summed E-state index contributed by atoms with van der Waals surface area (Å²) in [5.74, 6) is 0. The molecule has 1 N–H and O–H groups in total. The zero-order valence-corrected chi connectivity index (χ0v) is 6.55. The highest BCUT2D eigenvalue weighted by molar-refractivity contribution is 4.70. The third-order valence-electron chi connectivity index (χ3n) is 2.06. The Bertz CT molecular complexity index is 87.3. The lowest BCUT2D eigenvalue weighted by atomic mass is 10.0. The lowest BCUT2D eigenvalue weighted by Gasteiger charge is -2.26. The summed E-state index contributed by atoms with van der Waals surface area (Å²) < 4.78 is 5.38. The van der Waals surface area contributed by atoms with Gasteiger partial charge in [-0.05, 0) is 25.7 Å². The van der Waals surface area contributed by atoms with Gasteiger partial charge in [0.1, 0.15) is 0 Å². The minimum atomic E-state index is -0.236. The molecule has 0 aromatic rings. The fourth-order valence-corrected chi connectivity index (χ4v) is 1.33. The number of aliphatic hydroxyl groups is 1. The molecule has 1 aliphatic rings. The lowest BCUT2D eigenvalue weighted by molar-refractivity contribution is -0.0625. The summed E-state index contributed by atoms with van der Waals surface area (Å²) >= 11 is 0. The molecule has 60 valence electrons. The van der Waals surface area contributed by atoms with E-state index in [1.54, 1.807) is 0 Å². The monoisotopic (exact) mass is 144 g/mol. The van der Waals surface area contributed by atoms with Crippen LogP contribution >= 0.6 is 0 Å². The molecule has 2 heteroatoms. The minimum Gasteiger partial charge on any atom is -0.390 e. The van der Waals surface area contributed by atoms with Crippen molar-refractivity contribution in [1.82, 2.24) is 0 Å². The van der Waals surface area contributed by atoms with Gasteiger partial charge in [-0.3, -0.25) is 0 Å². The number of rotatable bonds is 2. The fourth-order valence-electron chi connectivity index (χ4n) is 1.33. The quantitative estimate of drug-likeness (QED) is 0.633. The van der Waals surface area contributed by atoms with Crippen molar-refractivity contribution in [1.29, 1.82) is 0 Å². The topological polar surface area (TPSA) is 29.5 Å². The summed E-state index contributed by atoms with van der Waals surface area (Å²) in [7, 11) is 0. The number of aliphatic hydroxyl groups excluding tert-OH is 1. The zero-order chi connectivity index (χ0) is 7.40. The molecule has 1 heterocycles. The van der Waals surface area contributed by atoms with Crippen molar-refractivity contribution in [3.8, 4) is 0 Å². The predicted molar refractivity (Wildman–Crippen MR) is 39.9 cm³/mol. The van der Waals surface area contributed by atoms with E-state index in [4.69, 9.17) is 4.74 Å². The van der Waals surface area contributed by atoms with Gasteiger partial charge in [-0.2, -0.15) is 0 Å². The third-order valence-corrected chi connectivity index (χ3v) is 2.06. The highest BCUT2D eigenvalue weighted by Crippen LogP contribution is 2.16. The molecule has 10 heavy (non-hydrogen) atoms. The van der Waals surface area contributed by atoms with Crippen molar-refractivity contribution in [3.63, 3.8) is 0 Å². The molecule has 0 aliphatic carbocycles. The lowest BCUT2D eigenvalue weighted by Crippen LogP contribution is -2.31. The van der Waals surface area contributed by atoms with E-state index in [0.29, 0.717) is 0 Å². The molecule has 0 spiro atoms. The Hall–Kier alpha value is -0.0800. The van der Waals surface area contributed by atoms with Crippen LogP contribution in [0.15, 0.2) is 0 Å². The second-order valence-electron chi connectivity index (χ2n) is 2.88. The molecule has 0 aromatic carbocycles. The predicted octanol–water partition coefficient (Wildman–Crippen LogP) is 1.33. The van der Waals surface area contributed by atoms with Gasteiger partial charge < -0.3 is 9.84 Å². The molecule has 0 saturated carbocycles. The van der Waals surface area contributed by atoms with E-state index < -0.39 is 0 Å². The van der Waals surface area contributed by atoms with Gasteiger partial charge in [0.25, 0.3) is 0 Å². The smallest absolute Gasteiger partial charge is 0.0833 e. The third kappa shape index (κ3) is 1.96. The molecule has 0 radical (unpaired) electrons. The van der Waals surface area contributed by atoms with Gasteiger partial charge in [0.05, 0.1) is 12.2 Å². The van der Waals surface area contributed by atoms with Crippen molar-refractivity contribution in [2.75, 3.05) is 6.61 Å². The van der Waals surface area contributed by atoms with Crippen molar-refractivity contribution in [2.24, 2.45) is 0 Å². The first-order chi connectivity index (χ1) is 4.84. The summed E-state index contributed by atoms with van der Waals surface area (Å²) in [5, 5.41) is 9.36. The van der Waals surface area contributed by atoms with Crippen molar-refractivity contribution < 1.29 is 9.84 Å². The van der Waals surface area contributed by atoms with E-state index in [9.17, 15) is 5.11 Å². The van der Waals surface area contributed by atoms with Crippen LogP contribution in [0.25, 0.3) is 0 Å². The van der Waals surface area contributed by atoms with E-state index in [0.717, 1.165) is 25.9 Å². The van der Waals surface area contributed by atoms with Crippen LogP contribution in [-0.2, 0) is 4.74 Å². The van der Waals surface area contributed by atoms with Gasteiger partial charge in [-0.25, -0.2) is 0 Å². The Morgan fingerprint density at radius 3 is 2.90 bits per heavy atom. The highest BCUT2D eigenvalue weighted by atomic mass is 16.5. The van der Waals surface area contributed by atoms with Crippen LogP contribution in [0.1, 0.15) is 32.6 Å². The van der Waals surface area contributed by atoms with E-state index in [1.807, 2.05) is 6.92 Å². The normalized spacial score (nSPS) is 30.0. The van der Waals surface area contributed by atoms with Crippen LogP contribution in [-0.4, -0.2) is 23.9 Å². The second-order valence-corrected chi connectivity index (χ2v) is 2.88. The number of ether oxygens (including phenoxy) is 1. The van der Waals surface area contributed by atoms with Crippen LogP contribution < -0.4 is 0 Å². The molecule has 2 nitrogen and oxygen atoms in total. The standard InChI is InChI=1S/C8H16O2/c1-2-7(9)8-5-3-4-6-10-8/h7-9H,2-6H2,1H3. The number of hydrogen-bond acceptors (Lipinski definition) is 2. The van der Waals surface area contributed by atoms with E-state index in [-0.39, 0.29) is 12.2 Å². The van der Waals surface area contributed by atoms with Crippen molar-refractivity contribution in [3.05, 3.63) is 0 Å². The van der Waals surface area contributed by atoms with Crippen LogP contribution in [0.2, 0.25) is 0 Å². The largest absolute Gasteiger partial charge is 0.390 e. The SMILES string of the molecule is CCC(O)C1CCCCO1. The Kier molecular flexibility index (Phi) is 3.16. The summed E-state index contributed by atoms with van der Waals surface area (Å²) in [4.78, 5) is 0. The first kappa shape index (κ1) is 8.02. The second kappa shape index (κ2) is 3.94. The van der Waals surface area contributed by atoms with Gasteiger partial charge >= 0.3 is 0 Å². The highest BCUT2D eigenvalue weighted by Gasteiger charge is 2.20. The summed E-state index contributed by atoms with van der Waals surface area (Å²) in [5.41, 5.74) is 0. The maximum Gasteiger partial charge on any atom is 0.0833 e. The van der Waals surface area contributed by atoms with Crippen LogP contribution in [0.4, 0.5) is 0 Å². The molecular formula is C8H16O2. The summed E-state index contributed by atoms with van der Waals surface area (Å²) in [6, 6.07) is 0. The fraction of sp³-hybridized carbons (Fsp3) is 1.00. The average molecular weight is 144 g/mol. The molecular weight excluding hydrogens is 128 g/mol. The molecule has 2 atom stereocenters. The van der Waals surface area contributed by atoms with Gasteiger partial charge in [-0.15, -0.1) is 0 Å². The van der Waals surface area contributed by atoms with Gasteiger partial charge in [0.15, 0.2) is 0 Å². The molecule has 1 rings (SSSR count). The molecule has 0 aromatic heterocycles. The summed E-state index contributed by atoms with van der Waals surface area (Å²) in [6.07, 6.45) is 4.10. The molecule has 0 bridgehead atoms. The van der Waals surface area contributed by atoms with E-state index >= 15 is 0 Å². The van der Waals surface area contributed by atoms with Crippen LogP contribution in [0.3, 0.4) is 0 Å². The van der Waals surface area contributed by atoms with Gasteiger partial charge in [0, 0.05) is 6.61 Å². The van der Waals surface area contributed by atoms with E-state index in [2.05, 4.69) is 0 Å². The van der Waals surface area contributed by atoms with Crippen molar-refractivity contribution >= 4 is 0 Å². The molecule has 1 fully saturated rings. The van der Waals surface area contributed by atoms with Gasteiger partial charge in [-0.1, -0.05) is 6.92 Å². The van der Waals surface area contributed by atoms with Gasteiger partial charge in [0.2, 0.25) is 0 Å². The van der Waals surface area contributed by atoms with Crippen molar-refractivity contribution in [2.45, 2.75) is 44.8 Å². The zero-order valence-electron chi connectivity index (χ0n) is 6.55. The molecule has 2 unspecified atom stereocenters. The van der Waals surface area contributed by atoms with Crippen LogP contribution in [0.5, 0.6) is 0 Å². The first-order valence-corrected chi connectivity index (χ1v) is 4.14. The Balaban J connectivity index is 2.24. The first-order valence-electron chi connectivity index (χ1n) is 4.14. The summed E-state index contributed by atoms with van der Waals surface area (Å²) in [6.45, 7) is 2.82. The number of hydrogen-bond donors (Lipinski definition) is 1.